The van der Waals surface area contributed by atoms with Crippen molar-refractivity contribution < 1.29 is 22.7 Å². The van der Waals surface area contributed by atoms with Crippen molar-refractivity contribution in [1.29, 1.82) is 0 Å². The van der Waals surface area contributed by atoms with E-state index < -0.39 is 9.84 Å². The molecular weight excluding hydrogens is 396 g/mol. The van der Waals surface area contributed by atoms with Gasteiger partial charge in [-0.3, -0.25) is 4.79 Å². The standard InChI is InChI=1S/C19H20N4O5S/c1-10-9-27-19-15(28-10)6-17(29(4,25)26)22-18(19)13-8-23(3)14-7-20-16(5-12(13)14)21-11(2)24/h5-8,10H,9H2,1-4H3,(H,20,21,24)/t10-/m0/s1. The molecule has 1 aliphatic rings. The fourth-order valence-electron chi connectivity index (χ4n) is 3.25. The van der Waals surface area contributed by atoms with Crippen molar-refractivity contribution in [3.8, 4) is 22.8 Å². The Bertz CT molecular complexity index is 1250. The van der Waals surface area contributed by atoms with Gasteiger partial charge in [0.25, 0.3) is 0 Å². The number of aryl methyl sites for hydroxylation is 1. The lowest BCUT2D eigenvalue weighted by Crippen LogP contribution is -2.26. The molecule has 0 radical (unpaired) electrons. The van der Waals surface area contributed by atoms with Crippen LogP contribution in [-0.4, -0.2) is 47.8 Å². The van der Waals surface area contributed by atoms with Crippen LogP contribution in [0.1, 0.15) is 13.8 Å². The maximum atomic E-state index is 12.2. The number of pyridine rings is 2. The number of ether oxygens (including phenoxy) is 2. The summed E-state index contributed by atoms with van der Waals surface area (Å²) in [5.74, 6) is 0.870. The molecule has 3 aromatic heterocycles. The van der Waals surface area contributed by atoms with Gasteiger partial charge >= 0.3 is 0 Å². The minimum atomic E-state index is -3.58. The normalized spacial score (nSPS) is 16.1. The van der Waals surface area contributed by atoms with E-state index in [9.17, 15) is 13.2 Å². The van der Waals surface area contributed by atoms with Gasteiger partial charge in [-0.25, -0.2) is 18.4 Å². The Kier molecular flexibility index (Phi) is 4.45. The first kappa shape index (κ1) is 19.2. The molecule has 4 heterocycles. The predicted octanol–water partition coefficient (Wildman–Crippen LogP) is 2.16. The number of sulfone groups is 1. The highest BCUT2D eigenvalue weighted by Gasteiger charge is 2.28. The molecule has 0 unspecified atom stereocenters. The van der Waals surface area contributed by atoms with Gasteiger partial charge in [-0.15, -0.1) is 0 Å². The molecule has 0 aromatic carbocycles. The molecule has 0 saturated carbocycles. The van der Waals surface area contributed by atoms with Gasteiger partial charge in [0, 0.05) is 43.4 Å². The van der Waals surface area contributed by atoms with E-state index in [0.29, 0.717) is 35.2 Å². The van der Waals surface area contributed by atoms with Crippen molar-refractivity contribution in [2.45, 2.75) is 25.0 Å². The summed E-state index contributed by atoms with van der Waals surface area (Å²) in [6.07, 6.45) is 4.34. The second-order valence-corrected chi connectivity index (χ2v) is 9.03. The van der Waals surface area contributed by atoms with E-state index in [4.69, 9.17) is 9.47 Å². The molecule has 0 bridgehead atoms. The topological polar surface area (TPSA) is 112 Å². The van der Waals surface area contributed by atoms with Crippen LogP contribution < -0.4 is 14.8 Å². The predicted molar refractivity (Wildman–Crippen MR) is 107 cm³/mol. The molecule has 152 valence electrons. The van der Waals surface area contributed by atoms with Crippen molar-refractivity contribution >= 4 is 32.5 Å². The Labute approximate surface area is 167 Å². The number of aromatic nitrogens is 3. The average Bonchev–Trinajstić information content (AvgIpc) is 2.95. The molecule has 9 nitrogen and oxygen atoms in total. The van der Waals surface area contributed by atoms with Gasteiger partial charge in [0.05, 0.1) is 11.7 Å². The van der Waals surface area contributed by atoms with Gasteiger partial charge in [-0.2, -0.15) is 0 Å². The molecule has 10 heteroatoms. The van der Waals surface area contributed by atoms with Crippen LogP contribution in [-0.2, 0) is 21.7 Å². The molecule has 4 rings (SSSR count). The summed E-state index contributed by atoms with van der Waals surface area (Å²) >= 11 is 0. The summed E-state index contributed by atoms with van der Waals surface area (Å²) in [6.45, 7) is 3.56. The highest BCUT2D eigenvalue weighted by Crippen LogP contribution is 2.43. The van der Waals surface area contributed by atoms with Crippen LogP contribution in [0.3, 0.4) is 0 Å². The Morgan fingerprint density at radius 2 is 2.10 bits per heavy atom. The van der Waals surface area contributed by atoms with Crippen molar-refractivity contribution in [3.63, 3.8) is 0 Å². The van der Waals surface area contributed by atoms with Crippen LogP contribution in [0, 0.1) is 0 Å². The number of nitrogens with zero attached hydrogens (tertiary/aromatic N) is 3. The van der Waals surface area contributed by atoms with Gasteiger partial charge in [-0.05, 0) is 13.0 Å². The molecule has 29 heavy (non-hydrogen) atoms. The maximum absolute atomic E-state index is 12.2. The maximum Gasteiger partial charge on any atom is 0.222 e. The monoisotopic (exact) mass is 416 g/mol. The van der Waals surface area contributed by atoms with Gasteiger partial charge in [0.1, 0.15) is 24.2 Å². The summed E-state index contributed by atoms with van der Waals surface area (Å²) in [6, 6.07) is 3.11. The van der Waals surface area contributed by atoms with Crippen molar-refractivity contribution in [1.82, 2.24) is 14.5 Å². The zero-order valence-electron chi connectivity index (χ0n) is 16.4. The third-order valence-electron chi connectivity index (χ3n) is 4.52. The quantitative estimate of drug-likeness (QED) is 0.696. The van der Waals surface area contributed by atoms with Gasteiger partial charge < -0.3 is 19.4 Å². The molecular formula is C19H20N4O5S. The molecule has 3 aromatic rings. The summed E-state index contributed by atoms with van der Waals surface area (Å²) in [7, 11) is -1.73. The Balaban J connectivity index is 2.00. The fraction of sp³-hybridized carbons (Fsp3) is 0.316. The lowest BCUT2D eigenvalue weighted by atomic mass is 10.1. The van der Waals surface area contributed by atoms with Crippen LogP contribution in [0.2, 0.25) is 0 Å². The number of hydrogen-bond acceptors (Lipinski definition) is 7. The number of amides is 1. The van der Waals surface area contributed by atoms with E-state index in [1.807, 2.05) is 24.7 Å². The largest absolute Gasteiger partial charge is 0.484 e. The lowest BCUT2D eigenvalue weighted by molar-refractivity contribution is -0.114. The zero-order chi connectivity index (χ0) is 20.9. The SMILES string of the molecule is CC(=O)Nc1cc2c(-c3nc(S(C)(=O)=O)cc4c3OC[C@H](C)O4)cn(C)c2cn1. The molecule has 1 atom stereocenters. The molecule has 0 saturated heterocycles. The van der Waals surface area contributed by atoms with Crippen molar-refractivity contribution in [2.24, 2.45) is 7.05 Å². The fourth-order valence-corrected chi connectivity index (χ4v) is 3.83. The van der Waals surface area contributed by atoms with Crippen molar-refractivity contribution in [3.05, 3.63) is 24.5 Å². The molecule has 1 N–H and O–H groups in total. The molecule has 0 spiro atoms. The highest BCUT2D eigenvalue weighted by atomic mass is 32.2. The highest BCUT2D eigenvalue weighted by molar-refractivity contribution is 7.90. The number of carbonyl (C=O) groups excluding carboxylic acids is 1. The van der Waals surface area contributed by atoms with Crippen LogP contribution in [0.15, 0.2) is 29.6 Å². The Morgan fingerprint density at radius 3 is 2.79 bits per heavy atom. The Hall–Kier alpha value is -3.14. The van der Waals surface area contributed by atoms with E-state index in [-0.39, 0.29) is 17.0 Å². The number of anilines is 1. The molecule has 0 aliphatic carbocycles. The first-order valence-corrected chi connectivity index (χ1v) is 10.8. The summed E-state index contributed by atoms with van der Waals surface area (Å²) in [5.41, 5.74) is 1.80. The minimum Gasteiger partial charge on any atom is -0.484 e. The molecule has 1 aliphatic heterocycles. The first-order chi connectivity index (χ1) is 13.6. The summed E-state index contributed by atoms with van der Waals surface area (Å²) < 4.78 is 37.9. The van der Waals surface area contributed by atoms with E-state index in [2.05, 4.69) is 15.3 Å². The van der Waals surface area contributed by atoms with E-state index >= 15 is 0 Å². The third kappa shape index (κ3) is 3.51. The first-order valence-electron chi connectivity index (χ1n) is 8.91. The second kappa shape index (κ2) is 6.73. The van der Waals surface area contributed by atoms with Gasteiger partial charge in [0.2, 0.25) is 5.91 Å². The number of nitrogens with one attached hydrogen (secondary N) is 1. The number of rotatable bonds is 3. The molecule has 0 fully saturated rings. The van der Waals surface area contributed by atoms with Crippen LogP contribution in [0.25, 0.3) is 22.2 Å². The second-order valence-electron chi connectivity index (χ2n) is 7.07. The van der Waals surface area contributed by atoms with Crippen molar-refractivity contribution in [2.75, 3.05) is 18.2 Å². The van der Waals surface area contributed by atoms with Crippen LogP contribution in [0.5, 0.6) is 11.5 Å². The zero-order valence-corrected chi connectivity index (χ0v) is 17.2. The van der Waals surface area contributed by atoms with Gasteiger partial charge in [0.15, 0.2) is 26.4 Å². The third-order valence-corrected chi connectivity index (χ3v) is 5.49. The Morgan fingerprint density at radius 1 is 1.34 bits per heavy atom. The minimum absolute atomic E-state index is 0.0999. The number of fused-ring (bicyclic) bond motifs is 2. The summed E-state index contributed by atoms with van der Waals surface area (Å²) in [5, 5.41) is 3.30. The average molecular weight is 416 g/mol. The summed E-state index contributed by atoms with van der Waals surface area (Å²) in [4.78, 5) is 20.1. The number of carbonyl (C=O) groups is 1. The smallest absolute Gasteiger partial charge is 0.222 e. The number of hydrogen-bond donors (Lipinski definition) is 1. The van der Waals surface area contributed by atoms with Crippen LogP contribution >= 0.6 is 0 Å². The van der Waals surface area contributed by atoms with Gasteiger partial charge in [-0.1, -0.05) is 0 Å². The van der Waals surface area contributed by atoms with E-state index in [1.165, 1.54) is 13.0 Å². The van der Waals surface area contributed by atoms with E-state index in [0.717, 1.165) is 17.2 Å². The lowest BCUT2D eigenvalue weighted by Gasteiger charge is -2.25. The van der Waals surface area contributed by atoms with E-state index in [1.54, 1.807) is 12.3 Å². The van der Waals surface area contributed by atoms with Crippen LogP contribution in [0.4, 0.5) is 5.82 Å². The molecule has 1 amide bonds.